The summed E-state index contributed by atoms with van der Waals surface area (Å²) in [6.45, 7) is 21.1. The molecule has 0 radical (unpaired) electrons. The number of carbonyl (C=O) groups excluding carboxylic acids is 1. The fourth-order valence-electron chi connectivity index (χ4n) is 6.79. The molecule has 1 aromatic carbocycles. The molecular formula is C38H58F3N5O6S. The van der Waals surface area contributed by atoms with E-state index in [0.29, 0.717) is 18.5 Å². The van der Waals surface area contributed by atoms with Crippen molar-refractivity contribution in [2.45, 2.75) is 111 Å². The minimum absolute atomic E-state index is 0.0969. The molecule has 3 atom stereocenters. The zero-order valence-corrected chi connectivity index (χ0v) is 33.7. The Labute approximate surface area is 313 Å². The van der Waals surface area contributed by atoms with Crippen molar-refractivity contribution in [3.8, 4) is 0 Å². The summed E-state index contributed by atoms with van der Waals surface area (Å²) in [6, 6.07) is 9.10. The van der Waals surface area contributed by atoms with E-state index in [0.717, 1.165) is 23.9 Å². The van der Waals surface area contributed by atoms with Crippen molar-refractivity contribution in [2.24, 2.45) is 5.41 Å². The summed E-state index contributed by atoms with van der Waals surface area (Å²) >= 11 is 0. The molecule has 3 unspecified atom stereocenters. The molecule has 298 valence electrons. The number of anilines is 1. The van der Waals surface area contributed by atoms with Crippen LogP contribution in [0.25, 0.3) is 0 Å². The molecule has 15 heteroatoms. The van der Waals surface area contributed by atoms with E-state index in [1.165, 1.54) is 4.31 Å². The van der Waals surface area contributed by atoms with E-state index in [1.807, 2.05) is 77.6 Å². The van der Waals surface area contributed by atoms with Gasteiger partial charge in [-0.3, -0.25) is 9.80 Å². The molecule has 0 spiro atoms. The van der Waals surface area contributed by atoms with Gasteiger partial charge in [0.2, 0.25) is 10.0 Å². The highest BCUT2D eigenvalue weighted by molar-refractivity contribution is 7.89. The Balaban J connectivity index is 1.43. The van der Waals surface area contributed by atoms with Crippen molar-refractivity contribution < 1.29 is 40.6 Å². The first kappa shape index (κ1) is 42.8. The Morgan fingerprint density at radius 1 is 0.943 bits per heavy atom. The molecule has 2 aliphatic heterocycles. The van der Waals surface area contributed by atoms with Crippen LogP contribution < -0.4 is 4.90 Å². The maximum absolute atomic E-state index is 14.5. The molecule has 0 aliphatic carbocycles. The van der Waals surface area contributed by atoms with Gasteiger partial charge in [-0.2, -0.15) is 17.5 Å². The molecule has 3 heterocycles. The van der Waals surface area contributed by atoms with Crippen LogP contribution in [0, 0.1) is 5.41 Å². The van der Waals surface area contributed by atoms with Gasteiger partial charge in [-0.25, -0.2) is 18.2 Å². The molecule has 1 amide bonds. The average molecular weight is 770 g/mol. The number of ether oxygens (including phenoxy) is 3. The summed E-state index contributed by atoms with van der Waals surface area (Å²) in [4.78, 5) is 22.8. The molecule has 4 rings (SSSR count). The van der Waals surface area contributed by atoms with E-state index < -0.39 is 50.6 Å². The van der Waals surface area contributed by atoms with Gasteiger partial charge in [0.1, 0.15) is 17.6 Å². The van der Waals surface area contributed by atoms with Crippen molar-refractivity contribution in [3.05, 3.63) is 59.3 Å². The smallest absolute Gasteiger partial charge is 0.416 e. The average Bonchev–Trinajstić information content (AvgIpc) is 3.04. The van der Waals surface area contributed by atoms with E-state index in [2.05, 4.69) is 25.8 Å². The van der Waals surface area contributed by atoms with Gasteiger partial charge in [0.05, 0.1) is 31.4 Å². The number of rotatable bonds is 11. The van der Waals surface area contributed by atoms with Crippen molar-refractivity contribution in [1.29, 1.82) is 0 Å². The third kappa shape index (κ3) is 10.8. The molecule has 2 aromatic rings. The number of nitrogens with zero attached hydrogens (tertiary/aromatic N) is 5. The van der Waals surface area contributed by atoms with Gasteiger partial charge >= 0.3 is 12.3 Å². The number of piperazine rings is 1. The monoisotopic (exact) mass is 769 g/mol. The Kier molecular flexibility index (Phi) is 13.2. The zero-order valence-electron chi connectivity index (χ0n) is 32.9. The number of aromatic nitrogens is 1. The highest BCUT2D eigenvalue weighted by atomic mass is 32.2. The van der Waals surface area contributed by atoms with Gasteiger partial charge in [-0.05, 0) is 83.6 Å². The summed E-state index contributed by atoms with van der Waals surface area (Å²) in [5.41, 5.74) is -0.705. The fraction of sp³-hybridized carbons (Fsp3) is 0.684. The zero-order chi connectivity index (χ0) is 39.6. The van der Waals surface area contributed by atoms with E-state index >= 15 is 0 Å². The summed E-state index contributed by atoms with van der Waals surface area (Å²) in [5, 5.41) is -1.01. The first-order chi connectivity index (χ1) is 24.4. The van der Waals surface area contributed by atoms with Gasteiger partial charge in [0, 0.05) is 44.5 Å². The van der Waals surface area contributed by atoms with Crippen LogP contribution in [0.4, 0.5) is 23.8 Å². The van der Waals surface area contributed by atoms with Crippen LogP contribution in [0.15, 0.2) is 42.6 Å². The minimum Gasteiger partial charge on any atom is -0.444 e. The Morgan fingerprint density at radius 2 is 1.58 bits per heavy atom. The summed E-state index contributed by atoms with van der Waals surface area (Å²) in [7, 11) is -3.97. The number of benzene rings is 1. The third-order valence-corrected chi connectivity index (χ3v) is 11.7. The van der Waals surface area contributed by atoms with Crippen molar-refractivity contribution in [2.75, 3.05) is 57.4 Å². The second-order valence-corrected chi connectivity index (χ2v) is 18.8. The van der Waals surface area contributed by atoms with Crippen molar-refractivity contribution >= 4 is 21.9 Å². The molecule has 2 aliphatic rings. The lowest BCUT2D eigenvalue weighted by Gasteiger charge is -2.47. The predicted molar refractivity (Wildman–Crippen MR) is 199 cm³/mol. The lowest BCUT2D eigenvalue weighted by Crippen LogP contribution is -2.58. The number of sulfonamides is 1. The maximum atomic E-state index is 14.5. The second-order valence-electron chi connectivity index (χ2n) is 16.8. The van der Waals surface area contributed by atoms with Crippen molar-refractivity contribution in [1.82, 2.24) is 19.1 Å². The molecule has 1 aromatic heterocycles. The molecule has 0 saturated carbocycles. The summed E-state index contributed by atoms with van der Waals surface area (Å²) < 4.78 is 88.5. The summed E-state index contributed by atoms with van der Waals surface area (Å²) in [5.74, 6) is 0.163. The lowest BCUT2D eigenvalue weighted by molar-refractivity contribution is -0.137. The van der Waals surface area contributed by atoms with Crippen LogP contribution in [0.2, 0.25) is 0 Å². The normalized spacial score (nSPS) is 19.4. The van der Waals surface area contributed by atoms with Crippen LogP contribution in [0.1, 0.15) is 91.3 Å². The predicted octanol–water partition coefficient (Wildman–Crippen LogP) is 6.94. The van der Waals surface area contributed by atoms with Crippen LogP contribution in [0.5, 0.6) is 0 Å². The largest absolute Gasteiger partial charge is 0.444 e. The highest BCUT2D eigenvalue weighted by Gasteiger charge is 2.45. The van der Waals surface area contributed by atoms with Crippen LogP contribution in [-0.4, -0.2) is 110 Å². The third-order valence-electron chi connectivity index (χ3n) is 9.49. The standard InChI is InChI=1S/C38H58F3N5O6S/c1-27(51-24-23-50-26-31(35(2,3)4)46(36(5,6)7)34(47)52-37(8,9)10)45-18-16-28-13-11-12-14-30(28)33(45)53(48,49)44-21-19-43(20-22-44)32-25-29(15-17-42-32)38(39,40)41/h11-15,17,25,27,31,33H,16,18-24,26H2,1-10H3. The second kappa shape index (κ2) is 16.4. The lowest BCUT2D eigenvalue weighted by atomic mass is 9.84. The van der Waals surface area contributed by atoms with Gasteiger partial charge in [-0.1, -0.05) is 45.0 Å². The molecule has 1 saturated heterocycles. The maximum Gasteiger partial charge on any atom is 0.416 e. The van der Waals surface area contributed by atoms with E-state index in [-0.39, 0.29) is 63.3 Å². The number of fused-ring (bicyclic) bond motifs is 1. The van der Waals surface area contributed by atoms with Crippen LogP contribution in [-0.2, 0) is 36.8 Å². The van der Waals surface area contributed by atoms with Crippen molar-refractivity contribution in [3.63, 3.8) is 0 Å². The Morgan fingerprint density at radius 3 is 2.17 bits per heavy atom. The minimum atomic E-state index is -4.50. The summed E-state index contributed by atoms with van der Waals surface area (Å²) in [6.07, 6.45) is -3.74. The van der Waals surface area contributed by atoms with Gasteiger partial charge < -0.3 is 19.1 Å². The molecule has 11 nitrogen and oxygen atoms in total. The SMILES string of the molecule is CC(OCCOCC(N(C(=O)OC(C)(C)C)C(C)(C)C)C(C)(C)C)N1CCc2ccccc2C1S(=O)(=O)N1CCN(c2cc(C(F)(F)F)ccn2)CC1. The molecule has 0 N–H and O–H groups in total. The van der Waals surface area contributed by atoms with E-state index in [9.17, 15) is 26.4 Å². The molecular weight excluding hydrogens is 712 g/mol. The molecule has 53 heavy (non-hydrogen) atoms. The van der Waals surface area contributed by atoms with Crippen LogP contribution >= 0.6 is 0 Å². The quantitative estimate of drug-likeness (QED) is 0.225. The topological polar surface area (TPSA) is 105 Å². The van der Waals surface area contributed by atoms with Gasteiger partial charge in [0.25, 0.3) is 0 Å². The number of hydrogen-bond donors (Lipinski definition) is 0. The van der Waals surface area contributed by atoms with Crippen LogP contribution in [0.3, 0.4) is 0 Å². The first-order valence-electron chi connectivity index (χ1n) is 18.2. The Bertz CT molecular complexity index is 1650. The van der Waals surface area contributed by atoms with Gasteiger partial charge in [-0.15, -0.1) is 0 Å². The van der Waals surface area contributed by atoms with Gasteiger partial charge in [0.15, 0.2) is 5.37 Å². The number of pyridine rings is 1. The Hall–Kier alpha value is -2.98. The molecule has 1 fully saturated rings. The number of alkyl halides is 3. The number of amides is 1. The highest BCUT2D eigenvalue weighted by Crippen LogP contribution is 2.38. The number of carbonyl (C=O) groups is 1. The van der Waals surface area contributed by atoms with E-state index in [1.54, 1.807) is 9.80 Å². The molecule has 0 bridgehead atoms. The fourth-order valence-corrected chi connectivity index (χ4v) is 8.92. The number of hydrogen-bond acceptors (Lipinski definition) is 9. The number of halogens is 3. The first-order valence-corrected chi connectivity index (χ1v) is 19.7. The van der Waals surface area contributed by atoms with E-state index in [4.69, 9.17) is 14.2 Å².